The van der Waals surface area contributed by atoms with Gasteiger partial charge < -0.3 is 15.4 Å². The monoisotopic (exact) mass is 520 g/mol. The standard InChI is InChI=1S/C22H18BrClN2O4S/c1-3-30-22(29)17-12(2)18(20(28)25-16-6-4-5-15(24)11-16)31-21(17)26-19(27)13-7-9-14(23)10-8-13/h4-11H,3H2,1-2H3,(H,25,28)(H,26,27). The number of esters is 1. The summed E-state index contributed by atoms with van der Waals surface area (Å²) in [7, 11) is 0. The van der Waals surface area contributed by atoms with Gasteiger partial charge in [-0.1, -0.05) is 33.6 Å². The zero-order chi connectivity index (χ0) is 22.5. The van der Waals surface area contributed by atoms with E-state index in [4.69, 9.17) is 16.3 Å². The SMILES string of the molecule is CCOC(=O)c1c(NC(=O)c2ccc(Br)cc2)sc(C(=O)Nc2cccc(Cl)c2)c1C. The van der Waals surface area contributed by atoms with Gasteiger partial charge in [0.25, 0.3) is 11.8 Å². The average molecular weight is 522 g/mol. The lowest BCUT2D eigenvalue weighted by Crippen LogP contribution is -2.15. The molecule has 160 valence electrons. The van der Waals surface area contributed by atoms with E-state index in [-0.39, 0.29) is 22.0 Å². The molecular weight excluding hydrogens is 504 g/mol. The summed E-state index contributed by atoms with van der Waals surface area (Å²) in [4.78, 5) is 38.4. The van der Waals surface area contributed by atoms with Crippen LogP contribution in [0.2, 0.25) is 5.02 Å². The highest BCUT2D eigenvalue weighted by Crippen LogP contribution is 2.35. The molecule has 2 aromatic carbocycles. The molecule has 0 saturated heterocycles. The molecule has 9 heteroatoms. The number of amides is 2. The van der Waals surface area contributed by atoms with E-state index in [0.29, 0.717) is 21.8 Å². The molecule has 0 atom stereocenters. The van der Waals surface area contributed by atoms with E-state index in [0.717, 1.165) is 15.8 Å². The van der Waals surface area contributed by atoms with E-state index in [2.05, 4.69) is 26.6 Å². The number of nitrogens with one attached hydrogen (secondary N) is 2. The minimum Gasteiger partial charge on any atom is -0.462 e. The zero-order valence-corrected chi connectivity index (χ0v) is 19.8. The van der Waals surface area contributed by atoms with Gasteiger partial charge in [-0.25, -0.2) is 4.79 Å². The number of anilines is 2. The van der Waals surface area contributed by atoms with Crippen LogP contribution in [0.1, 0.15) is 42.9 Å². The largest absolute Gasteiger partial charge is 0.462 e. The molecule has 1 heterocycles. The van der Waals surface area contributed by atoms with E-state index < -0.39 is 17.8 Å². The van der Waals surface area contributed by atoms with Gasteiger partial charge in [-0.15, -0.1) is 11.3 Å². The maximum absolute atomic E-state index is 12.9. The number of carbonyl (C=O) groups excluding carboxylic acids is 3. The van der Waals surface area contributed by atoms with Crippen LogP contribution in [0.5, 0.6) is 0 Å². The second-order valence-corrected chi connectivity index (χ2v) is 8.78. The number of ether oxygens (including phenoxy) is 1. The number of halogens is 2. The Morgan fingerprint density at radius 3 is 2.42 bits per heavy atom. The summed E-state index contributed by atoms with van der Waals surface area (Å²) in [5.74, 6) is -1.43. The molecule has 0 aliphatic heterocycles. The third kappa shape index (κ3) is 5.52. The molecule has 2 amide bonds. The van der Waals surface area contributed by atoms with E-state index in [1.807, 2.05) is 0 Å². The first kappa shape index (κ1) is 23.0. The molecular formula is C22H18BrClN2O4S. The van der Waals surface area contributed by atoms with Gasteiger partial charge in [0.05, 0.1) is 17.0 Å². The molecule has 0 fully saturated rings. The second-order valence-electron chi connectivity index (χ2n) is 6.41. The molecule has 0 radical (unpaired) electrons. The fourth-order valence-corrected chi connectivity index (χ4v) is 4.34. The van der Waals surface area contributed by atoms with Gasteiger partial charge in [-0.2, -0.15) is 0 Å². The highest BCUT2D eigenvalue weighted by atomic mass is 79.9. The van der Waals surface area contributed by atoms with Crippen LogP contribution in [0, 0.1) is 6.92 Å². The van der Waals surface area contributed by atoms with Gasteiger partial charge in [0.2, 0.25) is 0 Å². The summed E-state index contributed by atoms with van der Waals surface area (Å²) in [5, 5.41) is 6.23. The predicted molar refractivity (Wildman–Crippen MR) is 127 cm³/mol. The Kier molecular flexibility index (Phi) is 7.48. The molecule has 0 aliphatic carbocycles. The topological polar surface area (TPSA) is 84.5 Å². The maximum Gasteiger partial charge on any atom is 0.341 e. The van der Waals surface area contributed by atoms with Crippen molar-refractivity contribution in [3.8, 4) is 0 Å². The Balaban J connectivity index is 1.94. The van der Waals surface area contributed by atoms with Gasteiger partial charge in [0.15, 0.2) is 0 Å². The van der Waals surface area contributed by atoms with Crippen LogP contribution in [-0.4, -0.2) is 24.4 Å². The van der Waals surface area contributed by atoms with Crippen LogP contribution in [-0.2, 0) is 4.74 Å². The first-order valence-corrected chi connectivity index (χ1v) is 11.2. The molecule has 0 saturated carbocycles. The van der Waals surface area contributed by atoms with Crippen LogP contribution >= 0.6 is 38.9 Å². The van der Waals surface area contributed by atoms with Crippen LogP contribution in [0.25, 0.3) is 0 Å². The highest BCUT2D eigenvalue weighted by molar-refractivity contribution is 9.10. The molecule has 6 nitrogen and oxygen atoms in total. The van der Waals surface area contributed by atoms with Crippen LogP contribution in [0.3, 0.4) is 0 Å². The van der Waals surface area contributed by atoms with Crippen molar-refractivity contribution in [3.63, 3.8) is 0 Å². The van der Waals surface area contributed by atoms with Gasteiger partial charge in [0, 0.05) is 20.7 Å². The van der Waals surface area contributed by atoms with Crippen molar-refractivity contribution in [2.24, 2.45) is 0 Å². The Bertz CT molecular complexity index is 1140. The van der Waals surface area contributed by atoms with Crippen molar-refractivity contribution < 1.29 is 19.1 Å². The molecule has 0 aliphatic rings. The third-order valence-corrected chi connectivity index (χ3v) is 6.22. The summed E-state index contributed by atoms with van der Waals surface area (Å²) in [5.41, 5.74) is 1.51. The summed E-state index contributed by atoms with van der Waals surface area (Å²) in [6.45, 7) is 3.50. The smallest absolute Gasteiger partial charge is 0.341 e. The number of rotatable bonds is 6. The fourth-order valence-electron chi connectivity index (χ4n) is 2.80. The second kappa shape index (κ2) is 10.1. The van der Waals surface area contributed by atoms with Crippen molar-refractivity contribution in [2.75, 3.05) is 17.2 Å². The Hall–Kier alpha value is -2.68. The minimum atomic E-state index is -0.607. The van der Waals surface area contributed by atoms with Gasteiger partial charge in [0.1, 0.15) is 5.00 Å². The first-order chi connectivity index (χ1) is 14.8. The summed E-state index contributed by atoms with van der Waals surface area (Å²) in [6.07, 6.45) is 0. The Morgan fingerprint density at radius 2 is 1.77 bits per heavy atom. The first-order valence-electron chi connectivity index (χ1n) is 9.24. The normalized spacial score (nSPS) is 10.5. The average Bonchev–Trinajstić information content (AvgIpc) is 3.04. The van der Waals surface area contributed by atoms with E-state index in [9.17, 15) is 14.4 Å². The minimum absolute atomic E-state index is 0.161. The lowest BCUT2D eigenvalue weighted by Gasteiger charge is -2.07. The highest BCUT2D eigenvalue weighted by Gasteiger charge is 2.27. The van der Waals surface area contributed by atoms with Crippen LogP contribution in [0.15, 0.2) is 53.0 Å². The molecule has 1 aromatic heterocycles. The van der Waals surface area contributed by atoms with E-state index >= 15 is 0 Å². The summed E-state index contributed by atoms with van der Waals surface area (Å²) >= 11 is 10.3. The Morgan fingerprint density at radius 1 is 1.06 bits per heavy atom. The van der Waals surface area contributed by atoms with Crippen LogP contribution < -0.4 is 10.6 Å². The molecule has 3 rings (SSSR count). The van der Waals surface area contributed by atoms with Gasteiger partial charge >= 0.3 is 5.97 Å². The summed E-state index contributed by atoms with van der Waals surface area (Å²) in [6, 6.07) is 13.5. The van der Waals surface area contributed by atoms with Gasteiger partial charge in [-0.05, 0) is 61.9 Å². The number of hydrogen-bond donors (Lipinski definition) is 2. The number of hydrogen-bond acceptors (Lipinski definition) is 5. The van der Waals surface area contributed by atoms with Crippen molar-refractivity contribution in [1.29, 1.82) is 0 Å². The quantitative estimate of drug-likeness (QED) is 0.381. The Labute approximate surface area is 196 Å². The van der Waals surface area contributed by atoms with Crippen molar-refractivity contribution >= 4 is 67.3 Å². The molecule has 31 heavy (non-hydrogen) atoms. The molecule has 0 spiro atoms. The molecule has 2 N–H and O–H groups in total. The van der Waals surface area contributed by atoms with E-state index in [1.165, 1.54) is 0 Å². The lowest BCUT2D eigenvalue weighted by molar-refractivity contribution is 0.0527. The molecule has 0 unspecified atom stereocenters. The van der Waals surface area contributed by atoms with Crippen molar-refractivity contribution in [2.45, 2.75) is 13.8 Å². The fraction of sp³-hybridized carbons (Fsp3) is 0.136. The van der Waals surface area contributed by atoms with Crippen molar-refractivity contribution in [3.05, 3.63) is 79.6 Å². The van der Waals surface area contributed by atoms with Gasteiger partial charge in [-0.3, -0.25) is 9.59 Å². The molecule has 3 aromatic rings. The molecule has 0 bridgehead atoms. The lowest BCUT2D eigenvalue weighted by atomic mass is 10.1. The number of carbonyl (C=O) groups is 3. The number of benzene rings is 2. The van der Waals surface area contributed by atoms with Crippen LogP contribution in [0.4, 0.5) is 10.7 Å². The maximum atomic E-state index is 12.9. The van der Waals surface area contributed by atoms with Crippen molar-refractivity contribution in [1.82, 2.24) is 0 Å². The summed E-state index contributed by atoms with van der Waals surface area (Å²) < 4.78 is 5.98. The van der Waals surface area contributed by atoms with E-state index in [1.54, 1.807) is 62.4 Å². The predicted octanol–water partition coefficient (Wildman–Crippen LogP) is 6.15. The number of thiophene rings is 1. The zero-order valence-electron chi connectivity index (χ0n) is 16.6. The third-order valence-electron chi connectivity index (χ3n) is 4.25.